The zero-order valence-corrected chi connectivity index (χ0v) is 17.9. The van der Waals surface area contributed by atoms with Crippen molar-refractivity contribution >= 4 is 22.8 Å². The summed E-state index contributed by atoms with van der Waals surface area (Å²) in [6, 6.07) is 11.7. The molecular formula is C23H27F2N5. The molecule has 0 radical (unpaired) electrons. The Balaban J connectivity index is 0.000000245. The molecule has 0 bridgehead atoms. The largest absolute Gasteiger partial charge is 0.378 e. The number of benzene rings is 2. The first kappa shape index (κ1) is 22.8. The monoisotopic (exact) mass is 411 g/mol. The molecule has 0 aliphatic heterocycles. The summed E-state index contributed by atoms with van der Waals surface area (Å²) in [7, 11) is 4.04. The van der Waals surface area contributed by atoms with Crippen LogP contribution in [-0.2, 0) is 0 Å². The summed E-state index contributed by atoms with van der Waals surface area (Å²) in [5.74, 6) is -0.267. The average molecular weight is 412 g/mol. The molecule has 0 spiro atoms. The van der Waals surface area contributed by atoms with Gasteiger partial charge in [0.1, 0.15) is 11.6 Å². The van der Waals surface area contributed by atoms with Crippen LogP contribution in [0.4, 0.5) is 26.0 Å². The van der Waals surface area contributed by atoms with Gasteiger partial charge in [0.25, 0.3) is 0 Å². The Morgan fingerprint density at radius 3 is 2.27 bits per heavy atom. The molecule has 0 fully saturated rings. The molecule has 5 nitrogen and oxygen atoms in total. The number of rotatable bonds is 3. The summed E-state index contributed by atoms with van der Waals surface area (Å²) < 4.78 is 26.4. The molecule has 2 aromatic carbocycles. The molecule has 2 heterocycles. The van der Waals surface area contributed by atoms with Crippen molar-refractivity contribution < 1.29 is 8.78 Å². The number of nitrogens with zero attached hydrogens (tertiary/aromatic N) is 4. The summed E-state index contributed by atoms with van der Waals surface area (Å²) in [5.41, 5.74) is 3.42. The third kappa shape index (κ3) is 6.01. The molecule has 0 amide bonds. The van der Waals surface area contributed by atoms with E-state index in [1.807, 2.05) is 56.9 Å². The molecule has 7 heteroatoms. The molecule has 4 rings (SSSR count). The molecule has 30 heavy (non-hydrogen) atoms. The SMILES string of the molecule is CC.CN(C)c1cccc(Nc2nccn3ccnc23)c1.Cc1ccc(F)cc1F. The van der Waals surface area contributed by atoms with Crippen LogP contribution >= 0.6 is 0 Å². The van der Waals surface area contributed by atoms with E-state index in [-0.39, 0.29) is 0 Å². The van der Waals surface area contributed by atoms with Crippen molar-refractivity contribution in [2.24, 2.45) is 0 Å². The predicted molar refractivity (Wildman–Crippen MR) is 119 cm³/mol. The van der Waals surface area contributed by atoms with Crippen molar-refractivity contribution in [3.05, 3.63) is 84.4 Å². The van der Waals surface area contributed by atoms with Crippen LogP contribution in [0.15, 0.2) is 67.3 Å². The quantitative estimate of drug-likeness (QED) is 0.460. The van der Waals surface area contributed by atoms with Crippen LogP contribution in [0.5, 0.6) is 0 Å². The van der Waals surface area contributed by atoms with E-state index in [0.717, 1.165) is 28.9 Å². The molecule has 0 atom stereocenters. The highest BCUT2D eigenvalue weighted by molar-refractivity contribution is 5.71. The number of aryl methyl sites for hydroxylation is 1. The molecule has 158 valence electrons. The normalized spacial score (nSPS) is 9.83. The van der Waals surface area contributed by atoms with Gasteiger partial charge in [0, 0.05) is 56.3 Å². The zero-order valence-electron chi connectivity index (χ0n) is 17.9. The van der Waals surface area contributed by atoms with Gasteiger partial charge in [-0.3, -0.25) is 0 Å². The average Bonchev–Trinajstić information content (AvgIpc) is 3.23. The summed E-state index contributed by atoms with van der Waals surface area (Å²) in [6.45, 7) is 5.59. The van der Waals surface area contributed by atoms with Crippen LogP contribution in [0.3, 0.4) is 0 Å². The Morgan fingerprint density at radius 1 is 0.933 bits per heavy atom. The van der Waals surface area contributed by atoms with Crippen molar-refractivity contribution in [3.8, 4) is 0 Å². The Hall–Kier alpha value is -3.48. The number of fused-ring (bicyclic) bond motifs is 1. The number of aromatic nitrogens is 3. The van der Waals surface area contributed by atoms with Gasteiger partial charge >= 0.3 is 0 Å². The first-order valence-corrected chi connectivity index (χ1v) is 9.68. The van der Waals surface area contributed by atoms with Gasteiger partial charge in [-0.2, -0.15) is 0 Å². The minimum Gasteiger partial charge on any atom is -0.378 e. The molecule has 1 N–H and O–H groups in total. The number of hydrogen-bond acceptors (Lipinski definition) is 4. The smallest absolute Gasteiger partial charge is 0.180 e. The maximum atomic E-state index is 12.3. The lowest BCUT2D eigenvalue weighted by Gasteiger charge is -2.14. The molecule has 0 unspecified atom stereocenters. The van der Waals surface area contributed by atoms with E-state index in [1.54, 1.807) is 19.3 Å². The number of imidazole rings is 1. The number of hydrogen-bond donors (Lipinski definition) is 1. The summed E-state index contributed by atoms with van der Waals surface area (Å²) >= 11 is 0. The number of nitrogens with one attached hydrogen (secondary N) is 1. The highest BCUT2D eigenvalue weighted by atomic mass is 19.1. The Bertz CT molecular complexity index is 1080. The fourth-order valence-electron chi connectivity index (χ4n) is 2.51. The van der Waals surface area contributed by atoms with Gasteiger partial charge in [0.05, 0.1) is 0 Å². The van der Waals surface area contributed by atoms with Gasteiger partial charge in [-0.05, 0) is 36.8 Å². The third-order valence-electron chi connectivity index (χ3n) is 4.07. The second-order valence-corrected chi connectivity index (χ2v) is 6.40. The molecular weight excluding hydrogens is 384 g/mol. The van der Waals surface area contributed by atoms with Crippen LogP contribution < -0.4 is 10.2 Å². The van der Waals surface area contributed by atoms with E-state index in [9.17, 15) is 8.78 Å². The Morgan fingerprint density at radius 2 is 1.63 bits per heavy atom. The van der Waals surface area contributed by atoms with E-state index < -0.39 is 11.6 Å². The van der Waals surface area contributed by atoms with Crippen LogP contribution in [0.1, 0.15) is 19.4 Å². The predicted octanol–water partition coefficient (Wildman–Crippen LogP) is 5.84. The van der Waals surface area contributed by atoms with E-state index >= 15 is 0 Å². The topological polar surface area (TPSA) is 45.5 Å². The second-order valence-electron chi connectivity index (χ2n) is 6.40. The minimum atomic E-state index is -0.530. The fourth-order valence-corrected chi connectivity index (χ4v) is 2.51. The van der Waals surface area contributed by atoms with Crippen LogP contribution in [0.2, 0.25) is 0 Å². The van der Waals surface area contributed by atoms with Crippen molar-refractivity contribution in [1.82, 2.24) is 14.4 Å². The summed E-state index contributed by atoms with van der Waals surface area (Å²) in [5, 5.41) is 3.31. The second kappa shape index (κ2) is 10.9. The van der Waals surface area contributed by atoms with Gasteiger partial charge in [-0.1, -0.05) is 26.0 Å². The molecule has 0 saturated heterocycles. The van der Waals surface area contributed by atoms with Crippen molar-refractivity contribution in [2.75, 3.05) is 24.3 Å². The zero-order chi connectivity index (χ0) is 22.1. The summed E-state index contributed by atoms with van der Waals surface area (Å²) in [6.07, 6.45) is 7.30. The first-order chi connectivity index (χ1) is 14.4. The van der Waals surface area contributed by atoms with Crippen molar-refractivity contribution in [2.45, 2.75) is 20.8 Å². The lowest BCUT2D eigenvalue weighted by Crippen LogP contribution is -2.08. The van der Waals surface area contributed by atoms with Gasteiger partial charge in [0.2, 0.25) is 0 Å². The Kier molecular flexibility index (Phi) is 8.29. The molecule has 2 aromatic heterocycles. The van der Waals surface area contributed by atoms with Crippen LogP contribution in [0.25, 0.3) is 5.65 Å². The molecule has 4 aromatic rings. The Labute approximate surface area is 176 Å². The first-order valence-electron chi connectivity index (χ1n) is 9.68. The van der Waals surface area contributed by atoms with Gasteiger partial charge in [0.15, 0.2) is 11.5 Å². The van der Waals surface area contributed by atoms with Crippen molar-refractivity contribution in [1.29, 1.82) is 0 Å². The van der Waals surface area contributed by atoms with Crippen molar-refractivity contribution in [3.63, 3.8) is 0 Å². The van der Waals surface area contributed by atoms with Gasteiger partial charge in [-0.15, -0.1) is 0 Å². The third-order valence-corrected chi connectivity index (χ3v) is 4.07. The summed E-state index contributed by atoms with van der Waals surface area (Å²) in [4.78, 5) is 10.7. The van der Waals surface area contributed by atoms with E-state index in [4.69, 9.17) is 0 Å². The number of halogens is 2. The van der Waals surface area contributed by atoms with Gasteiger partial charge in [-0.25, -0.2) is 18.7 Å². The molecule has 0 aliphatic carbocycles. The maximum Gasteiger partial charge on any atom is 0.180 e. The standard InChI is InChI=1S/C14H15N5.C7H6F2.C2H6/c1-18(2)12-5-3-4-11(10-12)17-13-14-16-7-9-19(14)8-6-15-13;1-5-2-3-6(8)4-7(5)9;1-2/h3-10H,1-2H3,(H,15,17);2-4H,1H3;1-2H3. The highest BCUT2D eigenvalue weighted by Gasteiger charge is 2.05. The van der Waals surface area contributed by atoms with Crippen LogP contribution in [-0.4, -0.2) is 28.5 Å². The van der Waals surface area contributed by atoms with Crippen LogP contribution in [0, 0.1) is 18.6 Å². The molecule has 0 saturated carbocycles. The fraction of sp³-hybridized carbons (Fsp3) is 0.217. The van der Waals surface area contributed by atoms with E-state index in [1.165, 1.54) is 12.1 Å². The minimum absolute atomic E-state index is 0.469. The van der Waals surface area contributed by atoms with E-state index in [2.05, 4.69) is 32.3 Å². The lowest BCUT2D eigenvalue weighted by atomic mass is 10.2. The number of anilines is 3. The molecule has 0 aliphatic rings. The maximum absolute atomic E-state index is 12.3. The lowest BCUT2D eigenvalue weighted by molar-refractivity contribution is 0.577. The van der Waals surface area contributed by atoms with Gasteiger partial charge < -0.3 is 14.6 Å². The van der Waals surface area contributed by atoms with E-state index in [0.29, 0.717) is 5.56 Å². The highest BCUT2D eigenvalue weighted by Crippen LogP contribution is 2.22.